The van der Waals surface area contributed by atoms with Crippen molar-refractivity contribution in [2.24, 2.45) is 0 Å². The molecule has 0 aromatic heterocycles. The molecular weight excluding hydrogens is 505 g/mol. The molecule has 0 saturated carbocycles. The van der Waals surface area contributed by atoms with Crippen LogP contribution in [0.4, 0.5) is 0 Å². The summed E-state index contributed by atoms with van der Waals surface area (Å²) in [6.45, 7) is 9.38. The molecule has 0 fully saturated rings. The zero-order valence-electron chi connectivity index (χ0n) is 20.7. The summed E-state index contributed by atoms with van der Waals surface area (Å²) in [5.41, 5.74) is 4.98. The minimum absolute atomic E-state index is 0.0953. The third kappa shape index (κ3) is 3.18. The van der Waals surface area contributed by atoms with Crippen molar-refractivity contribution >= 4 is 56.9 Å². The Morgan fingerprint density at radius 1 is 0.417 bits per heavy atom. The summed E-state index contributed by atoms with van der Waals surface area (Å²) in [5.74, 6) is 4.30. The number of hydrogen-bond donors (Lipinski definition) is 0. The van der Waals surface area contributed by atoms with Crippen molar-refractivity contribution in [3.8, 4) is 23.0 Å². The highest BCUT2D eigenvalue weighted by Gasteiger charge is 2.38. The number of rotatable bonds is 0. The maximum Gasteiger partial charge on any atom is 0.129 e. The Kier molecular flexibility index (Phi) is 4.96. The molecule has 3 aliphatic heterocycles. The molecule has 4 aromatic carbocycles. The summed E-state index contributed by atoms with van der Waals surface area (Å²) < 4.78 is 13.7. The second-order valence-electron chi connectivity index (χ2n) is 10.7. The molecular formula is C30H24O2Si4. The average Bonchev–Trinajstić information content (AvgIpc) is 2.86. The molecule has 4 bridgehead atoms. The van der Waals surface area contributed by atoms with Gasteiger partial charge in [0.1, 0.15) is 23.0 Å². The Morgan fingerprint density at radius 3 is 0.917 bits per heavy atom. The van der Waals surface area contributed by atoms with Crippen LogP contribution in [-0.4, -0.2) is 36.1 Å². The van der Waals surface area contributed by atoms with Gasteiger partial charge in [-0.1, -0.05) is 100 Å². The van der Waals surface area contributed by atoms with Gasteiger partial charge in [-0.2, -0.15) is 0 Å². The van der Waals surface area contributed by atoms with Crippen molar-refractivity contribution < 1.29 is 9.47 Å². The fourth-order valence-electron chi connectivity index (χ4n) is 5.71. The van der Waals surface area contributed by atoms with E-state index in [0.29, 0.717) is 36.1 Å². The summed E-state index contributed by atoms with van der Waals surface area (Å²) in [6, 6.07) is 26.9. The van der Waals surface area contributed by atoms with Gasteiger partial charge >= 0.3 is 0 Å². The predicted octanol–water partition coefficient (Wildman–Crippen LogP) is 3.41. The van der Waals surface area contributed by atoms with Gasteiger partial charge in [0.2, 0.25) is 0 Å². The van der Waals surface area contributed by atoms with E-state index in [-0.39, 0.29) is 10.8 Å². The topological polar surface area (TPSA) is 18.5 Å². The summed E-state index contributed by atoms with van der Waals surface area (Å²) in [6.07, 6.45) is 0. The molecule has 3 aliphatic rings. The first-order chi connectivity index (χ1) is 17.4. The Labute approximate surface area is 222 Å². The molecule has 0 amide bonds. The van der Waals surface area contributed by atoms with Gasteiger partial charge in [0.25, 0.3) is 0 Å². The lowest BCUT2D eigenvalue weighted by Crippen LogP contribution is -2.40. The lowest BCUT2D eigenvalue weighted by atomic mass is 9.76. The van der Waals surface area contributed by atoms with Crippen LogP contribution in [0.3, 0.4) is 0 Å². The van der Waals surface area contributed by atoms with Crippen LogP contribution in [-0.2, 0) is 10.8 Å². The fourth-order valence-corrected chi connectivity index (χ4v) is 12.1. The molecule has 36 heavy (non-hydrogen) atoms. The van der Waals surface area contributed by atoms with Crippen molar-refractivity contribution in [1.82, 2.24) is 0 Å². The number of ether oxygens (including phenoxy) is 2. The molecule has 8 radical (unpaired) electrons. The molecule has 0 spiro atoms. The molecule has 6 heteroatoms. The molecule has 0 N–H and O–H groups in total. The van der Waals surface area contributed by atoms with Crippen LogP contribution in [0.5, 0.6) is 23.0 Å². The number of benzene rings is 4. The normalized spacial score (nSPS) is 17.9. The van der Waals surface area contributed by atoms with Crippen molar-refractivity contribution in [1.29, 1.82) is 0 Å². The van der Waals surface area contributed by atoms with E-state index in [0.717, 1.165) is 23.0 Å². The Balaban J connectivity index is 1.46. The average molecular weight is 529 g/mol. The van der Waals surface area contributed by atoms with Gasteiger partial charge in [-0.3, -0.25) is 0 Å². The molecule has 0 aliphatic carbocycles. The third-order valence-electron chi connectivity index (χ3n) is 7.83. The van der Waals surface area contributed by atoms with Gasteiger partial charge in [0.15, 0.2) is 0 Å². The van der Waals surface area contributed by atoms with Crippen molar-refractivity contribution in [2.45, 2.75) is 38.5 Å². The van der Waals surface area contributed by atoms with E-state index < -0.39 is 0 Å². The van der Waals surface area contributed by atoms with Crippen molar-refractivity contribution in [3.63, 3.8) is 0 Å². The van der Waals surface area contributed by atoms with E-state index >= 15 is 0 Å². The molecule has 0 unspecified atom stereocenters. The highest BCUT2D eigenvalue weighted by molar-refractivity contribution is 7.14. The van der Waals surface area contributed by atoms with Crippen LogP contribution in [0.1, 0.15) is 49.9 Å². The van der Waals surface area contributed by atoms with Gasteiger partial charge in [0.05, 0.1) is 36.1 Å². The molecule has 172 valence electrons. The summed E-state index contributed by atoms with van der Waals surface area (Å²) in [4.78, 5) is 0. The van der Waals surface area contributed by atoms with Crippen LogP contribution in [0.15, 0.2) is 72.8 Å². The largest absolute Gasteiger partial charge is 0.457 e. The SMILES string of the molecule is CC1(C)c2cccc3c2Oc2c(cccc21)[Si][Si]c1cccc2c1Oc1c(cccc1C2(C)C)[Si][Si]3. The third-order valence-corrected chi connectivity index (χ3v) is 14.7. The maximum absolute atomic E-state index is 6.86. The predicted molar refractivity (Wildman–Crippen MR) is 152 cm³/mol. The highest BCUT2D eigenvalue weighted by Crippen LogP contribution is 2.47. The smallest absolute Gasteiger partial charge is 0.129 e. The second-order valence-corrected chi connectivity index (χ2v) is 16.8. The Bertz CT molecular complexity index is 1330. The Hall–Kier alpha value is -2.65. The molecule has 7 rings (SSSR count). The first-order valence-electron chi connectivity index (χ1n) is 12.3. The van der Waals surface area contributed by atoms with E-state index in [1.807, 2.05) is 0 Å². The van der Waals surface area contributed by atoms with Crippen LogP contribution >= 0.6 is 0 Å². The standard InChI is InChI=1S/C30H24O2Si4/c1-29(2)17-9-5-13-21-25(17)31-26-18(29)10-6-14-22(26)34-36-24-16-8-12-20-28(24)32-27-19(30(20,3)4)11-7-15-23(27)35-33-21/h5-16H,1-4H3. The minimum Gasteiger partial charge on any atom is -0.457 e. The van der Waals surface area contributed by atoms with E-state index in [2.05, 4.69) is 100 Å². The van der Waals surface area contributed by atoms with Gasteiger partial charge in [0, 0.05) is 33.1 Å². The number of para-hydroxylation sites is 4. The molecule has 0 atom stereocenters. The van der Waals surface area contributed by atoms with Gasteiger partial charge in [-0.15, -0.1) is 0 Å². The maximum atomic E-state index is 6.86. The fraction of sp³-hybridized carbons (Fsp3) is 0.200. The van der Waals surface area contributed by atoms with E-state index in [1.165, 1.54) is 43.0 Å². The first-order valence-corrected chi connectivity index (χ1v) is 18.3. The van der Waals surface area contributed by atoms with Gasteiger partial charge < -0.3 is 9.47 Å². The summed E-state index contributed by atoms with van der Waals surface area (Å²) in [5, 5.41) is 5.26. The van der Waals surface area contributed by atoms with E-state index in [1.54, 1.807) is 0 Å². The Morgan fingerprint density at radius 2 is 0.667 bits per heavy atom. The van der Waals surface area contributed by atoms with Crippen LogP contribution in [0, 0.1) is 0 Å². The molecule has 4 aromatic rings. The molecule has 2 nitrogen and oxygen atoms in total. The van der Waals surface area contributed by atoms with Gasteiger partial charge in [-0.05, 0) is 20.7 Å². The van der Waals surface area contributed by atoms with Crippen LogP contribution in [0.25, 0.3) is 0 Å². The van der Waals surface area contributed by atoms with Crippen LogP contribution < -0.4 is 30.2 Å². The second kappa shape index (κ2) is 7.92. The lowest BCUT2D eigenvalue weighted by molar-refractivity contribution is 0.424. The zero-order valence-corrected chi connectivity index (χ0v) is 24.7. The summed E-state index contributed by atoms with van der Waals surface area (Å²) >= 11 is 0. The van der Waals surface area contributed by atoms with E-state index in [9.17, 15) is 0 Å². The monoisotopic (exact) mass is 528 g/mol. The lowest BCUT2D eigenvalue weighted by Gasteiger charge is -2.37. The van der Waals surface area contributed by atoms with E-state index in [4.69, 9.17) is 9.47 Å². The van der Waals surface area contributed by atoms with Crippen molar-refractivity contribution in [2.75, 3.05) is 0 Å². The zero-order chi connectivity index (χ0) is 24.7. The molecule has 3 heterocycles. The first kappa shape index (κ1) is 22.5. The van der Waals surface area contributed by atoms with Crippen molar-refractivity contribution in [3.05, 3.63) is 95.1 Å². The quantitative estimate of drug-likeness (QED) is 0.326. The highest BCUT2D eigenvalue weighted by atomic mass is 29.1. The summed E-state index contributed by atoms with van der Waals surface area (Å²) in [7, 11) is 2.52. The van der Waals surface area contributed by atoms with Gasteiger partial charge in [-0.25, -0.2) is 0 Å². The number of hydrogen-bond acceptors (Lipinski definition) is 2. The van der Waals surface area contributed by atoms with Crippen LogP contribution in [0.2, 0.25) is 0 Å². The minimum atomic E-state index is -0.0953. The molecule has 0 saturated heterocycles.